The van der Waals surface area contributed by atoms with E-state index in [1.54, 1.807) is 12.4 Å². The number of carbonyl (C=O) groups is 1. The van der Waals surface area contributed by atoms with Crippen molar-refractivity contribution in [3.05, 3.63) is 77.6 Å². The minimum atomic E-state index is -0.140. The minimum absolute atomic E-state index is 0.140. The van der Waals surface area contributed by atoms with Crippen molar-refractivity contribution in [3.8, 4) is 10.6 Å². The number of benzene rings is 2. The van der Waals surface area contributed by atoms with Crippen LogP contribution in [-0.2, 0) is 6.54 Å². The van der Waals surface area contributed by atoms with Crippen LogP contribution in [0.4, 0.5) is 5.69 Å². The Bertz CT molecular complexity index is 1380. The van der Waals surface area contributed by atoms with Crippen molar-refractivity contribution in [2.75, 3.05) is 5.32 Å². The molecule has 0 radical (unpaired) electrons. The summed E-state index contributed by atoms with van der Waals surface area (Å²) in [4.78, 5) is 22.3. The molecule has 0 aliphatic carbocycles. The molecule has 0 bridgehead atoms. The lowest BCUT2D eigenvalue weighted by molar-refractivity contribution is 0.103. The van der Waals surface area contributed by atoms with Crippen molar-refractivity contribution in [1.29, 1.82) is 0 Å². The van der Waals surface area contributed by atoms with Gasteiger partial charge in [0, 0.05) is 52.0 Å². The van der Waals surface area contributed by atoms with Gasteiger partial charge in [-0.05, 0) is 50.2 Å². The Kier molecular flexibility index (Phi) is 4.56. The number of hydrogen-bond acceptors (Lipinski definition) is 4. The number of aromatic nitrogens is 3. The smallest absolute Gasteiger partial charge is 0.267 e. The van der Waals surface area contributed by atoms with E-state index < -0.39 is 0 Å². The van der Waals surface area contributed by atoms with Gasteiger partial charge in [-0.25, -0.2) is 4.98 Å². The first-order valence-corrected chi connectivity index (χ1v) is 10.7. The van der Waals surface area contributed by atoms with Crippen molar-refractivity contribution in [2.24, 2.45) is 0 Å². The molecule has 0 aliphatic rings. The van der Waals surface area contributed by atoms with Gasteiger partial charge < -0.3 is 9.88 Å². The molecule has 5 nitrogen and oxygen atoms in total. The molecular weight excluding hydrogens is 392 g/mol. The van der Waals surface area contributed by atoms with E-state index in [1.165, 1.54) is 27.8 Å². The van der Waals surface area contributed by atoms with Crippen LogP contribution < -0.4 is 5.32 Å². The van der Waals surface area contributed by atoms with Gasteiger partial charge in [-0.2, -0.15) is 0 Å². The summed E-state index contributed by atoms with van der Waals surface area (Å²) in [7, 11) is 0. The Hall–Kier alpha value is -3.51. The zero-order valence-corrected chi connectivity index (χ0v) is 17.5. The van der Waals surface area contributed by atoms with Gasteiger partial charge in [0.25, 0.3) is 5.91 Å². The van der Waals surface area contributed by atoms with E-state index in [9.17, 15) is 4.79 Å². The van der Waals surface area contributed by atoms with Crippen LogP contribution in [0.25, 0.3) is 32.4 Å². The molecule has 0 saturated carbocycles. The normalized spacial score (nSPS) is 11.3. The largest absolute Gasteiger partial charge is 0.341 e. The fourth-order valence-corrected chi connectivity index (χ4v) is 4.83. The maximum Gasteiger partial charge on any atom is 0.267 e. The second kappa shape index (κ2) is 7.39. The van der Waals surface area contributed by atoms with Gasteiger partial charge in [0.05, 0.1) is 5.69 Å². The lowest BCUT2D eigenvalue weighted by Crippen LogP contribution is -2.11. The fraction of sp³-hybridized carbons (Fsp3) is 0.125. The van der Waals surface area contributed by atoms with Gasteiger partial charge in [-0.3, -0.25) is 9.78 Å². The maximum absolute atomic E-state index is 13.0. The average molecular weight is 413 g/mol. The molecule has 1 N–H and O–H groups in total. The van der Waals surface area contributed by atoms with E-state index in [-0.39, 0.29) is 5.91 Å². The molecule has 0 fully saturated rings. The molecule has 0 aliphatic heterocycles. The minimum Gasteiger partial charge on any atom is -0.341 e. The fourth-order valence-electron chi connectivity index (χ4n) is 3.88. The summed E-state index contributed by atoms with van der Waals surface area (Å²) in [5.41, 5.74) is 4.79. The Morgan fingerprint density at radius 1 is 1.07 bits per heavy atom. The Morgan fingerprint density at radius 2 is 1.90 bits per heavy atom. The molecule has 0 unspecified atom stereocenters. The second-order valence-corrected chi connectivity index (χ2v) is 8.12. The van der Waals surface area contributed by atoms with E-state index in [4.69, 9.17) is 0 Å². The summed E-state index contributed by atoms with van der Waals surface area (Å²) in [5.74, 6) is -0.140. The predicted octanol–water partition coefficient (Wildman–Crippen LogP) is 5.89. The quantitative estimate of drug-likeness (QED) is 0.400. The van der Waals surface area contributed by atoms with E-state index >= 15 is 0 Å². The van der Waals surface area contributed by atoms with Crippen LogP contribution in [0.1, 0.15) is 22.3 Å². The van der Waals surface area contributed by atoms with Gasteiger partial charge in [0.15, 0.2) is 0 Å². The van der Waals surface area contributed by atoms with Gasteiger partial charge >= 0.3 is 0 Å². The van der Waals surface area contributed by atoms with Crippen LogP contribution in [0.15, 0.2) is 67.0 Å². The van der Waals surface area contributed by atoms with Gasteiger partial charge in [-0.15, -0.1) is 11.3 Å². The van der Waals surface area contributed by atoms with Crippen molar-refractivity contribution in [3.63, 3.8) is 0 Å². The van der Waals surface area contributed by atoms with Crippen molar-refractivity contribution < 1.29 is 4.79 Å². The standard InChI is InChI=1S/C24H20N4OS/c1-3-28-20-9-5-4-8-18(20)19-13-17(10-11-21(19)28)27-23(29)22-15(2)26-24(30-22)16-7-6-12-25-14-16/h4-14H,3H2,1-2H3,(H,27,29). The SMILES string of the molecule is CCn1c2ccccc2c2cc(NC(=O)c3sc(-c4cccnc4)nc3C)ccc21. The van der Waals surface area contributed by atoms with Crippen LogP contribution >= 0.6 is 11.3 Å². The van der Waals surface area contributed by atoms with Crippen LogP contribution in [0.3, 0.4) is 0 Å². The molecule has 2 aromatic carbocycles. The number of fused-ring (bicyclic) bond motifs is 3. The van der Waals surface area contributed by atoms with E-state index in [2.05, 4.69) is 57.1 Å². The van der Waals surface area contributed by atoms with Gasteiger partial charge in [0.2, 0.25) is 0 Å². The molecule has 3 aromatic heterocycles. The Labute approximate surface area is 178 Å². The van der Waals surface area contributed by atoms with Crippen LogP contribution in [-0.4, -0.2) is 20.4 Å². The third-order valence-electron chi connectivity index (χ3n) is 5.26. The first kappa shape index (κ1) is 18.5. The maximum atomic E-state index is 13.0. The van der Waals surface area contributed by atoms with E-state index in [0.29, 0.717) is 4.88 Å². The van der Waals surface area contributed by atoms with Crippen molar-refractivity contribution in [2.45, 2.75) is 20.4 Å². The Balaban J connectivity index is 1.50. The molecule has 148 valence electrons. The lowest BCUT2D eigenvalue weighted by atomic mass is 10.1. The molecule has 0 saturated heterocycles. The highest BCUT2D eigenvalue weighted by atomic mass is 32.1. The number of amides is 1. The summed E-state index contributed by atoms with van der Waals surface area (Å²) in [6.07, 6.45) is 3.49. The number of pyridine rings is 1. The number of para-hydroxylation sites is 1. The van der Waals surface area contributed by atoms with Crippen LogP contribution in [0.2, 0.25) is 0 Å². The summed E-state index contributed by atoms with van der Waals surface area (Å²) >= 11 is 1.39. The molecule has 30 heavy (non-hydrogen) atoms. The number of rotatable bonds is 4. The number of aryl methyl sites for hydroxylation is 2. The zero-order chi connectivity index (χ0) is 20.7. The molecule has 0 atom stereocenters. The molecule has 6 heteroatoms. The highest BCUT2D eigenvalue weighted by Gasteiger charge is 2.17. The number of thiazole rings is 1. The molecule has 0 spiro atoms. The third kappa shape index (κ3) is 3.06. The van der Waals surface area contributed by atoms with E-state index in [0.717, 1.165) is 33.9 Å². The van der Waals surface area contributed by atoms with Gasteiger partial charge in [-0.1, -0.05) is 18.2 Å². The summed E-state index contributed by atoms with van der Waals surface area (Å²) in [6.45, 7) is 4.91. The number of carbonyl (C=O) groups excluding carboxylic acids is 1. The van der Waals surface area contributed by atoms with Crippen molar-refractivity contribution >= 4 is 44.7 Å². The first-order valence-electron chi connectivity index (χ1n) is 9.86. The van der Waals surface area contributed by atoms with Crippen molar-refractivity contribution in [1.82, 2.24) is 14.5 Å². The molecule has 5 rings (SSSR count). The predicted molar refractivity (Wildman–Crippen MR) is 123 cm³/mol. The topological polar surface area (TPSA) is 59.8 Å². The monoisotopic (exact) mass is 412 g/mol. The second-order valence-electron chi connectivity index (χ2n) is 7.12. The molecule has 5 aromatic rings. The lowest BCUT2D eigenvalue weighted by Gasteiger charge is -2.06. The summed E-state index contributed by atoms with van der Waals surface area (Å²) < 4.78 is 2.30. The van der Waals surface area contributed by atoms with Crippen LogP contribution in [0, 0.1) is 6.92 Å². The number of hydrogen-bond donors (Lipinski definition) is 1. The summed E-state index contributed by atoms with van der Waals surface area (Å²) in [5, 5.41) is 6.19. The molecule has 3 heterocycles. The molecule has 1 amide bonds. The zero-order valence-electron chi connectivity index (χ0n) is 16.7. The van der Waals surface area contributed by atoms with Gasteiger partial charge in [0.1, 0.15) is 9.88 Å². The third-order valence-corrected chi connectivity index (χ3v) is 6.46. The first-order chi connectivity index (χ1) is 14.7. The highest BCUT2D eigenvalue weighted by molar-refractivity contribution is 7.17. The van der Waals surface area contributed by atoms with E-state index in [1.807, 2.05) is 31.2 Å². The molecular formula is C24H20N4OS. The Morgan fingerprint density at radius 3 is 2.70 bits per heavy atom. The number of nitrogens with zero attached hydrogens (tertiary/aromatic N) is 3. The summed E-state index contributed by atoms with van der Waals surface area (Å²) in [6, 6.07) is 18.3. The van der Waals surface area contributed by atoms with Crippen LogP contribution in [0.5, 0.6) is 0 Å². The number of anilines is 1. The average Bonchev–Trinajstić information content (AvgIpc) is 3.32. The number of nitrogens with one attached hydrogen (secondary N) is 1. The highest BCUT2D eigenvalue weighted by Crippen LogP contribution is 2.32.